The van der Waals surface area contributed by atoms with Crippen LogP contribution in [0.15, 0.2) is 18.6 Å². The zero-order chi connectivity index (χ0) is 8.10. The maximum Gasteiger partial charge on any atom is 0.161 e. The summed E-state index contributed by atoms with van der Waals surface area (Å²) < 4.78 is 3.92. The SMILES string of the molecule is CC.c1cnc2sncc2n1. The Labute approximate surface area is 69.3 Å². The quantitative estimate of drug-likeness (QED) is 0.603. The highest BCUT2D eigenvalue weighted by Crippen LogP contribution is 2.09. The van der Waals surface area contributed by atoms with Gasteiger partial charge in [-0.3, -0.25) is 4.98 Å². The summed E-state index contributed by atoms with van der Waals surface area (Å²) in [6.07, 6.45) is 5.05. The van der Waals surface area contributed by atoms with Gasteiger partial charge in [0, 0.05) is 12.4 Å². The summed E-state index contributed by atoms with van der Waals surface area (Å²) in [4.78, 5) is 8.96. The standard InChI is InChI=1S/C5H3N3S.C2H6/c1-2-7-5-4(6-1)3-8-9-5;1-2/h1-3H;1-2H3. The summed E-state index contributed by atoms with van der Waals surface area (Å²) >= 11 is 1.36. The minimum absolute atomic E-state index is 0.877. The Morgan fingerprint density at radius 1 is 1.18 bits per heavy atom. The highest BCUT2D eigenvalue weighted by Gasteiger charge is 1.92. The van der Waals surface area contributed by atoms with Gasteiger partial charge in [0.2, 0.25) is 0 Å². The van der Waals surface area contributed by atoms with Crippen molar-refractivity contribution in [3.8, 4) is 0 Å². The number of hydrogen-bond acceptors (Lipinski definition) is 4. The Morgan fingerprint density at radius 3 is 2.64 bits per heavy atom. The molecule has 2 rings (SSSR count). The van der Waals surface area contributed by atoms with E-state index in [0.717, 1.165) is 10.3 Å². The van der Waals surface area contributed by atoms with E-state index >= 15 is 0 Å². The Hall–Kier alpha value is -1.03. The minimum Gasteiger partial charge on any atom is -0.250 e. The first-order chi connectivity index (χ1) is 5.47. The Bertz CT molecular complexity index is 288. The third kappa shape index (κ3) is 1.71. The summed E-state index contributed by atoms with van der Waals surface area (Å²) in [6, 6.07) is 0. The first-order valence-corrected chi connectivity index (χ1v) is 4.25. The molecule has 0 unspecified atom stereocenters. The second kappa shape index (κ2) is 3.98. The van der Waals surface area contributed by atoms with Crippen LogP contribution in [0.4, 0.5) is 0 Å². The topological polar surface area (TPSA) is 38.7 Å². The van der Waals surface area contributed by atoms with Crippen molar-refractivity contribution in [2.45, 2.75) is 13.8 Å². The van der Waals surface area contributed by atoms with Gasteiger partial charge in [0.15, 0.2) is 4.83 Å². The predicted octanol–water partition coefficient (Wildman–Crippen LogP) is 2.11. The molecule has 0 aliphatic rings. The molecule has 3 nitrogen and oxygen atoms in total. The van der Waals surface area contributed by atoms with Crippen molar-refractivity contribution in [2.75, 3.05) is 0 Å². The van der Waals surface area contributed by atoms with Crippen LogP contribution in [-0.2, 0) is 0 Å². The van der Waals surface area contributed by atoms with Crippen LogP contribution in [0.3, 0.4) is 0 Å². The van der Waals surface area contributed by atoms with Crippen molar-refractivity contribution in [3.05, 3.63) is 18.6 Å². The normalized spacial score (nSPS) is 8.91. The molecule has 0 aliphatic heterocycles. The molecule has 4 heteroatoms. The maximum absolute atomic E-state index is 4.03. The monoisotopic (exact) mass is 167 g/mol. The molecule has 0 saturated carbocycles. The Kier molecular flexibility index (Phi) is 2.92. The van der Waals surface area contributed by atoms with Crippen molar-refractivity contribution in [1.29, 1.82) is 0 Å². The van der Waals surface area contributed by atoms with Crippen molar-refractivity contribution >= 4 is 21.9 Å². The van der Waals surface area contributed by atoms with Gasteiger partial charge in [-0.25, -0.2) is 4.98 Å². The molecule has 0 radical (unpaired) electrons. The summed E-state index contributed by atoms with van der Waals surface area (Å²) in [7, 11) is 0. The first-order valence-electron chi connectivity index (χ1n) is 3.48. The van der Waals surface area contributed by atoms with E-state index in [1.54, 1.807) is 18.6 Å². The Morgan fingerprint density at radius 2 is 1.91 bits per heavy atom. The van der Waals surface area contributed by atoms with E-state index in [0.29, 0.717) is 0 Å². The molecule has 11 heavy (non-hydrogen) atoms. The van der Waals surface area contributed by atoms with Crippen LogP contribution in [-0.4, -0.2) is 14.3 Å². The number of fused-ring (bicyclic) bond motifs is 1. The van der Waals surface area contributed by atoms with E-state index in [9.17, 15) is 0 Å². The van der Waals surface area contributed by atoms with Gasteiger partial charge in [-0.1, -0.05) is 13.8 Å². The molecule has 0 atom stereocenters. The summed E-state index contributed by atoms with van der Waals surface area (Å²) in [5.74, 6) is 0. The molecular weight excluding hydrogens is 158 g/mol. The second-order valence-corrected chi connectivity index (χ2v) is 2.35. The van der Waals surface area contributed by atoms with E-state index in [4.69, 9.17) is 0 Å². The molecule has 2 aromatic rings. The lowest BCUT2D eigenvalue weighted by molar-refractivity contribution is 1.31. The molecule has 0 bridgehead atoms. The van der Waals surface area contributed by atoms with Crippen molar-refractivity contribution in [3.63, 3.8) is 0 Å². The van der Waals surface area contributed by atoms with Crippen LogP contribution in [0, 0.1) is 0 Å². The van der Waals surface area contributed by atoms with Crippen LogP contribution in [0.2, 0.25) is 0 Å². The second-order valence-electron chi connectivity index (χ2n) is 1.57. The van der Waals surface area contributed by atoms with Crippen molar-refractivity contribution in [2.24, 2.45) is 0 Å². The third-order valence-corrected chi connectivity index (χ3v) is 1.70. The zero-order valence-corrected chi connectivity index (χ0v) is 7.30. The average Bonchev–Trinajstić information content (AvgIpc) is 2.55. The average molecular weight is 167 g/mol. The van der Waals surface area contributed by atoms with E-state index in [1.165, 1.54) is 11.5 Å². The largest absolute Gasteiger partial charge is 0.250 e. The Balaban J connectivity index is 0.000000281. The minimum atomic E-state index is 0.877. The van der Waals surface area contributed by atoms with Gasteiger partial charge in [0.05, 0.1) is 6.20 Å². The van der Waals surface area contributed by atoms with Gasteiger partial charge < -0.3 is 0 Å². The number of hydrogen-bond donors (Lipinski definition) is 0. The van der Waals surface area contributed by atoms with Gasteiger partial charge in [0.1, 0.15) is 5.52 Å². The fourth-order valence-corrected chi connectivity index (χ4v) is 1.18. The van der Waals surface area contributed by atoms with Gasteiger partial charge in [-0.05, 0) is 11.5 Å². The third-order valence-electron chi connectivity index (χ3n) is 1.01. The fourth-order valence-electron chi connectivity index (χ4n) is 0.621. The highest BCUT2D eigenvalue weighted by molar-refractivity contribution is 7.12. The lowest BCUT2D eigenvalue weighted by Crippen LogP contribution is -1.72. The fraction of sp³-hybridized carbons (Fsp3) is 0.286. The molecule has 2 heterocycles. The number of aromatic nitrogens is 3. The van der Waals surface area contributed by atoms with Crippen LogP contribution >= 0.6 is 11.5 Å². The molecular formula is C7H9N3S. The van der Waals surface area contributed by atoms with Gasteiger partial charge >= 0.3 is 0 Å². The highest BCUT2D eigenvalue weighted by atomic mass is 32.1. The maximum atomic E-state index is 4.03. The van der Waals surface area contributed by atoms with Crippen molar-refractivity contribution < 1.29 is 0 Å². The van der Waals surface area contributed by atoms with E-state index < -0.39 is 0 Å². The number of rotatable bonds is 0. The number of nitrogens with zero attached hydrogens (tertiary/aromatic N) is 3. The van der Waals surface area contributed by atoms with Crippen LogP contribution < -0.4 is 0 Å². The molecule has 0 saturated heterocycles. The smallest absolute Gasteiger partial charge is 0.161 e. The van der Waals surface area contributed by atoms with Crippen LogP contribution in [0.1, 0.15) is 13.8 Å². The van der Waals surface area contributed by atoms with Crippen LogP contribution in [0.25, 0.3) is 10.3 Å². The lowest BCUT2D eigenvalue weighted by Gasteiger charge is -1.79. The zero-order valence-electron chi connectivity index (χ0n) is 6.48. The van der Waals surface area contributed by atoms with E-state index in [2.05, 4.69) is 14.3 Å². The summed E-state index contributed by atoms with van der Waals surface area (Å²) in [5, 5.41) is 0. The summed E-state index contributed by atoms with van der Waals surface area (Å²) in [6.45, 7) is 4.00. The molecule has 2 aromatic heterocycles. The molecule has 0 aromatic carbocycles. The molecule has 0 spiro atoms. The van der Waals surface area contributed by atoms with Gasteiger partial charge in [-0.2, -0.15) is 4.37 Å². The van der Waals surface area contributed by atoms with E-state index in [1.807, 2.05) is 13.8 Å². The predicted molar refractivity (Wildman–Crippen MR) is 46.6 cm³/mol. The molecule has 0 aliphatic carbocycles. The molecule has 0 fully saturated rings. The molecule has 0 amide bonds. The molecule has 0 N–H and O–H groups in total. The summed E-state index contributed by atoms with van der Waals surface area (Å²) in [5.41, 5.74) is 0.877. The van der Waals surface area contributed by atoms with Gasteiger partial charge in [-0.15, -0.1) is 0 Å². The van der Waals surface area contributed by atoms with Gasteiger partial charge in [0.25, 0.3) is 0 Å². The molecule has 58 valence electrons. The lowest BCUT2D eigenvalue weighted by atomic mass is 10.6. The first kappa shape index (κ1) is 8.07. The van der Waals surface area contributed by atoms with Crippen LogP contribution in [0.5, 0.6) is 0 Å². The van der Waals surface area contributed by atoms with E-state index in [-0.39, 0.29) is 0 Å². The van der Waals surface area contributed by atoms with Crippen molar-refractivity contribution in [1.82, 2.24) is 14.3 Å².